The van der Waals surface area contributed by atoms with Crippen molar-refractivity contribution in [2.45, 2.75) is 0 Å². The number of carbonyl (C=O) groups is 2. The van der Waals surface area contributed by atoms with Gasteiger partial charge in [0.05, 0.1) is 0 Å². The number of benzene rings is 4. The van der Waals surface area contributed by atoms with Crippen molar-refractivity contribution in [1.29, 1.82) is 0 Å². The van der Waals surface area contributed by atoms with E-state index in [0.29, 0.717) is 5.56 Å². The molecule has 0 unspecified atom stereocenters. The van der Waals surface area contributed by atoms with Crippen molar-refractivity contribution in [2.24, 2.45) is 0 Å². The first-order valence-electron chi connectivity index (χ1n) is 9.93. The molecule has 0 saturated carbocycles. The third kappa shape index (κ3) is 3.10. The van der Waals surface area contributed by atoms with Crippen LogP contribution in [0.15, 0.2) is 121 Å². The van der Waals surface area contributed by atoms with Gasteiger partial charge in [0.25, 0.3) is 0 Å². The fourth-order valence-corrected chi connectivity index (χ4v) is 9.48. The summed E-state index contributed by atoms with van der Waals surface area (Å²) in [6.07, 6.45) is 0.122. The molecule has 0 aliphatic carbocycles. The molecule has 3 heteroatoms. The molecule has 0 spiro atoms. The SMILES string of the molecule is O=CP(CC(=O)c1ccccc1)(c1ccccc1)(c1ccccc1)c1ccccc1. The summed E-state index contributed by atoms with van der Waals surface area (Å²) in [5.74, 6) is -0.0306. The minimum atomic E-state index is -3.74. The first-order valence-corrected chi connectivity index (χ1v) is 12.4. The molecule has 0 amide bonds. The van der Waals surface area contributed by atoms with E-state index in [1.54, 1.807) is 0 Å². The predicted octanol–water partition coefficient (Wildman–Crippen LogP) is 4.59. The number of Topliss-reactive ketones (excluding diaryl/α,β-unsaturated/α-hetero) is 1. The van der Waals surface area contributed by atoms with Crippen molar-refractivity contribution in [2.75, 3.05) is 6.16 Å². The zero-order valence-electron chi connectivity index (χ0n) is 16.6. The van der Waals surface area contributed by atoms with Gasteiger partial charge in [0.1, 0.15) is 0 Å². The van der Waals surface area contributed by atoms with Gasteiger partial charge in [-0.15, -0.1) is 0 Å². The normalized spacial score (nSPS) is 12.5. The average Bonchev–Trinajstić information content (AvgIpc) is 2.85. The topological polar surface area (TPSA) is 34.1 Å². The van der Waals surface area contributed by atoms with Gasteiger partial charge in [0.15, 0.2) is 0 Å². The number of rotatable bonds is 7. The van der Waals surface area contributed by atoms with Crippen LogP contribution in [0.2, 0.25) is 0 Å². The van der Waals surface area contributed by atoms with E-state index in [1.165, 1.54) is 0 Å². The van der Waals surface area contributed by atoms with Gasteiger partial charge < -0.3 is 0 Å². The molecule has 0 atom stereocenters. The monoisotopic (exact) mass is 410 g/mol. The summed E-state index contributed by atoms with van der Waals surface area (Å²) in [4.78, 5) is 27.0. The van der Waals surface area contributed by atoms with Gasteiger partial charge in [0.2, 0.25) is 0 Å². The Labute approximate surface area is 177 Å². The Morgan fingerprint density at radius 3 is 1.23 bits per heavy atom. The van der Waals surface area contributed by atoms with E-state index >= 15 is 0 Å². The van der Waals surface area contributed by atoms with Crippen molar-refractivity contribution in [1.82, 2.24) is 0 Å². The first kappa shape index (κ1) is 19.9. The van der Waals surface area contributed by atoms with Crippen molar-refractivity contribution in [3.63, 3.8) is 0 Å². The van der Waals surface area contributed by atoms with Gasteiger partial charge in [-0.2, -0.15) is 0 Å². The van der Waals surface area contributed by atoms with Gasteiger partial charge in [-0.1, -0.05) is 0 Å². The molecule has 0 aliphatic rings. The standard InChI is InChI=1S/C27H23O2P/c28-22-30(24-15-7-2-8-16-24,25-17-9-3-10-18-25,26-19-11-4-12-20-26)21-27(29)23-13-5-1-6-14-23/h1-20,22H,21H2. The third-order valence-corrected chi connectivity index (χ3v) is 11.7. The van der Waals surface area contributed by atoms with Gasteiger partial charge in [-0.25, -0.2) is 0 Å². The van der Waals surface area contributed by atoms with Crippen molar-refractivity contribution >= 4 is 34.3 Å². The van der Waals surface area contributed by atoms with E-state index in [2.05, 4.69) is 0 Å². The Bertz CT molecular complexity index is 1040. The van der Waals surface area contributed by atoms with Crippen LogP contribution in [0.3, 0.4) is 0 Å². The molecule has 0 saturated heterocycles. The van der Waals surface area contributed by atoms with Gasteiger partial charge >= 0.3 is 177 Å². The second kappa shape index (κ2) is 8.18. The summed E-state index contributed by atoms with van der Waals surface area (Å²) in [6, 6.07) is 39.8. The van der Waals surface area contributed by atoms with Gasteiger partial charge in [-0.05, 0) is 0 Å². The molecular weight excluding hydrogens is 387 g/mol. The molecule has 0 N–H and O–H groups in total. The summed E-state index contributed by atoms with van der Waals surface area (Å²) in [7, 11) is 0. The van der Waals surface area contributed by atoms with Crippen LogP contribution in [-0.2, 0) is 4.79 Å². The van der Waals surface area contributed by atoms with E-state index in [9.17, 15) is 9.59 Å². The molecule has 2 nitrogen and oxygen atoms in total. The zero-order valence-corrected chi connectivity index (χ0v) is 17.5. The van der Waals surface area contributed by atoms with E-state index in [1.807, 2.05) is 121 Å². The van der Waals surface area contributed by atoms with Crippen molar-refractivity contribution in [3.8, 4) is 0 Å². The fourth-order valence-electron chi connectivity index (χ4n) is 4.26. The van der Waals surface area contributed by atoms with Crippen LogP contribution in [0.25, 0.3) is 0 Å². The van der Waals surface area contributed by atoms with Crippen molar-refractivity contribution < 1.29 is 9.59 Å². The van der Waals surface area contributed by atoms with Crippen molar-refractivity contribution in [3.05, 3.63) is 127 Å². The minimum absolute atomic E-state index is 0.0306. The molecule has 148 valence electrons. The Hall–Kier alpha value is -3.35. The quantitative estimate of drug-likeness (QED) is 0.254. The maximum absolute atomic E-state index is 13.6. The molecule has 0 aliphatic heterocycles. The molecule has 0 aromatic heterocycles. The summed E-state index contributed by atoms with van der Waals surface area (Å²) < 4.78 is 0. The maximum atomic E-state index is 13.6. The molecule has 0 radical (unpaired) electrons. The Morgan fingerprint density at radius 2 is 0.900 bits per heavy atom. The predicted molar refractivity (Wildman–Crippen MR) is 128 cm³/mol. The van der Waals surface area contributed by atoms with E-state index < -0.39 is 6.60 Å². The summed E-state index contributed by atoms with van der Waals surface area (Å²) in [6.45, 7) is -3.74. The third-order valence-electron chi connectivity index (χ3n) is 5.84. The number of hydrogen-bond donors (Lipinski definition) is 0. The summed E-state index contributed by atoms with van der Waals surface area (Å²) in [5.41, 5.74) is 0.621. The summed E-state index contributed by atoms with van der Waals surface area (Å²) >= 11 is 0. The van der Waals surface area contributed by atoms with Gasteiger partial charge in [-0.3, -0.25) is 0 Å². The van der Waals surface area contributed by atoms with E-state index in [-0.39, 0.29) is 11.9 Å². The second-order valence-corrected chi connectivity index (χ2v) is 12.3. The van der Waals surface area contributed by atoms with Crippen LogP contribution in [0.5, 0.6) is 0 Å². The summed E-state index contributed by atoms with van der Waals surface area (Å²) in [5, 5.41) is 2.71. The molecule has 4 aromatic rings. The van der Waals surface area contributed by atoms with Crippen LogP contribution in [0.1, 0.15) is 10.4 Å². The molecule has 0 bridgehead atoms. The molecule has 0 heterocycles. The average molecular weight is 410 g/mol. The Balaban J connectivity index is 2.10. The molecular formula is C27H23O2P. The van der Waals surface area contributed by atoms with Crippen LogP contribution in [0.4, 0.5) is 0 Å². The van der Waals surface area contributed by atoms with Crippen LogP contribution in [0, 0.1) is 0 Å². The fraction of sp³-hybridized carbons (Fsp3) is 0.0370. The number of carbonyl (C=O) groups excluding carboxylic acids is 2. The Kier molecular flexibility index (Phi) is 5.44. The molecule has 4 aromatic carbocycles. The zero-order chi connectivity index (χ0) is 20.9. The molecule has 0 fully saturated rings. The van der Waals surface area contributed by atoms with E-state index in [4.69, 9.17) is 0 Å². The molecule has 30 heavy (non-hydrogen) atoms. The van der Waals surface area contributed by atoms with E-state index in [0.717, 1.165) is 21.9 Å². The Morgan fingerprint density at radius 1 is 0.567 bits per heavy atom. The van der Waals surface area contributed by atoms with Crippen LogP contribution in [-0.4, -0.2) is 18.0 Å². The first-order chi connectivity index (χ1) is 14.7. The number of ketones is 1. The van der Waals surface area contributed by atoms with Crippen LogP contribution >= 0.6 is 6.60 Å². The number of hydrogen-bond acceptors (Lipinski definition) is 2. The molecule has 4 rings (SSSR count). The second-order valence-electron chi connectivity index (χ2n) is 7.44. The van der Waals surface area contributed by atoms with Crippen LogP contribution < -0.4 is 15.9 Å². The van der Waals surface area contributed by atoms with Gasteiger partial charge in [0, 0.05) is 0 Å².